The third-order valence-corrected chi connectivity index (χ3v) is 3.43. The Morgan fingerprint density at radius 2 is 1.53 bits per heavy atom. The standard InChI is InChI=1S/C10H17NO6S2/c1-18(12,13)16-8-5-10(9-17-19(2,14)15)11-6-3-4-7-11/h3-4,6-7,10H,5,8-9H2,1-2H3. The second kappa shape index (κ2) is 6.51. The van der Waals surface area contributed by atoms with E-state index in [1.807, 2.05) is 0 Å². The van der Waals surface area contributed by atoms with Gasteiger partial charge >= 0.3 is 0 Å². The summed E-state index contributed by atoms with van der Waals surface area (Å²) in [6, 6.07) is 3.25. The van der Waals surface area contributed by atoms with Gasteiger partial charge in [-0.3, -0.25) is 8.37 Å². The molecule has 7 nitrogen and oxygen atoms in total. The average molecular weight is 311 g/mol. The molecule has 0 fully saturated rings. The first-order valence-electron chi connectivity index (χ1n) is 5.48. The van der Waals surface area contributed by atoms with Gasteiger partial charge in [0.05, 0.1) is 31.8 Å². The lowest BCUT2D eigenvalue weighted by molar-refractivity contribution is 0.217. The Hall–Kier alpha value is -0.900. The van der Waals surface area contributed by atoms with Crippen LogP contribution in [0.1, 0.15) is 12.5 Å². The van der Waals surface area contributed by atoms with Gasteiger partial charge in [-0.2, -0.15) is 16.8 Å². The van der Waals surface area contributed by atoms with Gasteiger partial charge < -0.3 is 4.57 Å². The summed E-state index contributed by atoms with van der Waals surface area (Å²) in [6.45, 7) is -0.102. The van der Waals surface area contributed by atoms with Crippen LogP contribution in [-0.2, 0) is 28.6 Å². The van der Waals surface area contributed by atoms with Crippen LogP contribution < -0.4 is 0 Å². The third-order valence-electron chi connectivity index (χ3n) is 2.27. The molecule has 1 heterocycles. The van der Waals surface area contributed by atoms with Crippen molar-refractivity contribution in [1.82, 2.24) is 4.57 Å². The Morgan fingerprint density at radius 1 is 1.00 bits per heavy atom. The molecule has 110 valence electrons. The Morgan fingerprint density at radius 3 is 2.00 bits per heavy atom. The molecule has 0 saturated carbocycles. The summed E-state index contributed by atoms with van der Waals surface area (Å²) in [7, 11) is -7.04. The molecule has 0 saturated heterocycles. The van der Waals surface area contributed by atoms with Gasteiger partial charge in [0.15, 0.2) is 0 Å². The minimum atomic E-state index is -3.54. The van der Waals surface area contributed by atoms with Crippen molar-refractivity contribution in [3.8, 4) is 0 Å². The summed E-state index contributed by atoms with van der Waals surface area (Å²) < 4.78 is 54.8. The van der Waals surface area contributed by atoms with Crippen LogP contribution in [0, 0.1) is 0 Å². The third kappa shape index (κ3) is 7.31. The number of rotatable bonds is 8. The monoisotopic (exact) mass is 311 g/mol. The van der Waals surface area contributed by atoms with Crippen LogP contribution >= 0.6 is 0 Å². The maximum atomic E-state index is 11.0. The predicted molar refractivity (Wildman–Crippen MR) is 69.7 cm³/mol. The summed E-state index contributed by atoms with van der Waals surface area (Å²) in [5.41, 5.74) is 0. The Kier molecular flexibility index (Phi) is 5.53. The van der Waals surface area contributed by atoms with Crippen LogP contribution in [0.25, 0.3) is 0 Å². The van der Waals surface area contributed by atoms with E-state index in [4.69, 9.17) is 4.18 Å². The molecule has 0 amide bonds. The van der Waals surface area contributed by atoms with Crippen molar-refractivity contribution in [2.45, 2.75) is 12.5 Å². The predicted octanol–water partition coefficient (Wildman–Crippen LogP) is 0.372. The van der Waals surface area contributed by atoms with Crippen molar-refractivity contribution in [3.63, 3.8) is 0 Å². The van der Waals surface area contributed by atoms with E-state index in [1.165, 1.54) is 0 Å². The van der Waals surface area contributed by atoms with Crippen LogP contribution in [0.2, 0.25) is 0 Å². The Labute approximate surface area is 113 Å². The normalized spacial score (nSPS) is 14.4. The van der Waals surface area contributed by atoms with E-state index < -0.39 is 20.2 Å². The van der Waals surface area contributed by atoms with Gasteiger partial charge in [0.25, 0.3) is 20.2 Å². The molecule has 1 aromatic rings. The van der Waals surface area contributed by atoms with E-state index in [0.29, 0.717) is 6.42 Å². The van der Waals surface area contributed by atoms with E-state index in [1.54, 1.807) is 29.1 Å². The average Bonchev–Trinajstić information content (AvgIpc) is 2.73. The summed E-state index contributed by atoms with van der Waals surface area (Å²) >= 11 is 0. The van der Waals surface area contributed by atoms with Gasteiger partial charge in [-0.25, -0.2) is 0 Å². The second-order valence-corrected chi connectivity index (χ2v) is 7.38. The number of aromatic nitrogens is 1. The number of hydrogen-bond donors (Lipinski definition) is 0. The number of nitrogens with zero attached hydrogens (tertiary/aromatic N) is 1. The Balaban J connectivity index is 2.61. The maximum absolute atomic E-state index is 11.0. The fourth-order valence-corrected chi connectivity index (χ4v) is 2.25. The molecule has 0 spiro atoms. The van der Waals surface area contributed by atoms with Gasteiger partial charge in [-0.15, -0.1) is 0 Å². The highest BCUT2D eigenvalue weighted by atomic mass is 32.2. The smallest absolute Gasteiger partial charge is 0.264 e. The van der Waals surface area contributed by atoms with Crippen LogP contribution in [0.4, 0.5) is 0 Å². The fraction of sp³-hybridized carbons (Fsp3) is 0.600. The summed E-state index contributed by atoms with van der Waals surface area (Å²) in [5, 5.41) is 0. The molecule has 19 heavy (non-hydrogen) atoms. The van der Waals surface area contributed by atoms with Gasteiger partial charge in [0, 0.05) is 12.4 Å². The first-order chi connectivity index (χ1) is 8.67. The molecule has 1 unspecified atom stereocenters. The van der Waals surface area contributed by atoms with Gasteiger partial charge in [-0.1, -0.05) is 0 Å². The van der Waals surface area contributed by atoms with Crippen molar-refractivity contribution in [2.24, 2.45) is 0 Å². The second-order valence-electron chi connectivity index (χ2n) is 4.09. The van der Waals surface area contributed by atoms with Crippen LogP contribution in [-0.4, -0.2) is 47.1 Å². The number of hydrogen-bond acceptors (Lipinski definition) is 6. The quantitative estimate of drug-likeness (QED) is 0.644. The zero-order valence-electron chi connectivity index (χ0n) is 10.7. The van der Waals surface area contributed by atoms with Crippen LogP contribution in [0.15, 0.2) is 24.5 Å². The Bertz CT molecular complexity index is 576. The largest absolute Gasteiger partial charge is 0.349 e. The van der Waals surface area contributed by atoms with Crippen molar-refractivity contribution in [3.05, 3.63) is 24.5 Å². The fourth-order valence-electron chi connectivity index (χ4n) is 1.45. The van der Waals surface area contributed by atoms with Crippen molar-refractivity contribution in [1.29, 1.82) is 0 Å². The molecule has 0 aliphatic rings. The highest BCUT2D eigenvalue weighted by Crippen LogP contribution is 2.14. The lowest BCUT2D eigenvalue weighted by Gasteiger charge is -2.18. The zero-order valence-corrected chi connectivity index (χ0v) is 12.4. The first-order valence-corrected chi connectivity index (χ1v) is 9.12. The molecule has 0 bridgehead atoms. The van der Waals surface area contributed by atoms with E-state index in [9.17, 15) is 16.8 Å². The molecule has 1 rings (SSSR count). The molecule has 0 N–H and O–H groups in total. The highest BCUT2D eigenvalue weighted by Gasteiger charge is 2.15. The molecule has 1 atom stereocenters. The maximum Gasteiger partial charge on any atom is 0.264 e. The summed E-state index contributed by atoms with van der Waals surface area (Å²) in [5.74, 6) is 0. The van der Waals surface area contributed by atoms with E-state index in [2.05, 4.69) is 4.18 Å². The van der Waals surface area contributed by atoms with Gasteiger partial charge in [-0.05, 0) is 18.6 Å². The van der Waals surface area contributed by atoms with E-state index in [0.717, 1.165) is 12.5 Å². The minimum absolute atomic E-state index is 0.0329. The molecular formula is C10H17NO6S2. The summed E-state index contributed by atoms with van der Waals surface area (Å²) in [4.78, 5) is 0. The molecule has 0 aromatic carbocycles. The lowest BCUT2D eigenvalue weighted by atomic mass is 10.2. The first kappa shape index (κ1) is 16.2. The summed E-state index contributed by atoms with van der Waals surface area (Å²) in [6.07, 6.45) is 5.74. The van der Waals surface area contributed by atoms with Gasteiger partial charge in [0.2, 0.25) is 0 Å². The molecule has 0 radical (unpaired) electrons. The van der Waals surface area contributed by atoms with E-state index in [-0.39, 0.29) is 19.3 Å². The molecule has 1 aromatic heterocycles. The lowest BCUT2D eigenvalue weighted by Crippen LogP contribution is -2.19. The highest BCUT2D eigenvalue weighted by molar-refractivity contribution is 7.86. The van der Waals surface area contributed by atoms with Crippen molar-refractivity contribution < 1.29 is 25.2 Å². The molecule has 9 heteroatoms. The molecule has 0 aliphatic carbocycles. The molecule has 0 aliphatic heterocycles. The topological polar surface area (TPSA) is 91.7 Å². The van der Waals surface area contributed by atoms with Crippen LogP contribution in [0.5, 0.6) is 0 Å². The SMILES string of the molecule is CS(=O)(=O)OCCC(COS(C)(=O)=O)n1cccc1. The van der Waals surface area contributed by atoms with Crippen molar-refractivity contribution in [2.75, 3.05) is 25.7 Å². The van der Waals surface area contributed by atoms with Gasteiger partial charge in [0.1, 0.15) is 0 Å². The van der Waals surface area contributed by atoms with Crippen molar-refractivity contribution >= 4 is 20.2 Å². The van der Waals surface area contributed by atoms with Crippen LogP contribution in [0.3, 0.4) is 0 Å². The van der Waals surface area contributed by atoms with E-state index >= 15 is 0 Å². The molecular weight excluding hydrogens is 294 g/mol. The minimum Gasteiger partial charge on any atom is -0.349 e. The zero-order chi connectivity index (χ0) is 14.5.